The minimum Gasteiger partial charge on any atom is -0.496 e. The van der Waals surface area contributed by atoms with Crippen LogP contribution in [-0.4, -0.2) is 19.6 Å². The van der Waals surface area contributed by atoms with E-state index in [9.17, 15) is 4.79 Å². The van der Waals surface area contributed by atoms with Crippen LogP contribution in [0.4, 0.5) is 0 Å². The molecule has 0 unspecified atom stereocenters. The summed E-state index contributed by atoms with van der Waals surface area (Å²) in [6, 6.07) is 16.3. The molecule has 1 N–H and O–H groups in total. The summed E-state index contributed by atoms with van der Waals surface area (Å²) in [6.07, 6.45) is 1.55. The third kappa shape index (κ3) is 4.26. The van der Waals surface area contributed by atoms with E-state index in [0.717, 1.165) is 23.5 Å². The summed E-state index contributed by atoms with van der Waals surface area (Å²) < 4.78 is 5.40. The van der Waals surface area contributed by atoms with E-state index < -0.39 is 0 Å². The van der Waals surface area contributed by atoms with Gasteiger partial charge in [-0.25, -0.2) is 0 Å². The molecule has 21 heavy (non-hydrogen) atoms. The quantitative estimate of drug-likeness (QED) is 0.795. The van der Waals surface area contributed by atoms with E-state index >= 15 is 0 Å². The lowest BCUT2D eigenvalue weighted by atomic mass is 10.1. The lowest BCUT2D eigenvalue weighted by Gasteiger charge is -2.14. The largest absolute Gasteiger partial charge is 0.496 e. The van der Waals surface area contributed by atoms with Gasteiger partial charge in [-0.05, 0) is 37.1 Å². The third-order valence-corrected chi connectivity index (χ3v) is 4.32. The fraction of sp³-hybridized carbons (Fsp3) is 0.235. The van der Waals surface area contributed by atoms with Crippen LogP contribution in [0.5, 0.6) is 5.75 Å². The van der Waals surface area contributed by atoms with Crippen molar-refractivity contribution in [1.29, 1.82) is 0 Å². The van der Waals surface area contributed by atoms with Crippen LogP contribution < -0.4 is 10.1 Å². The molecule has 0 saturated carbocycles. The van der Waals surface area contributed by atoms with Crippen LogP contribution >= 0.6 is 11.8 Å². The summed E-state index contributed by atoms with van der Waals surface area (Å²) in [4.78, 5) is 12.8. The molecular weight excluding hydrogens is 282 g/mol. The van der Waals surface area contributed by atoms with Gasteiger partial charge in [0, 0.05) is 10.9 Å². The molecule has 0 bridgehead atoms. The lowest BCUT2D eigenvalue weighted by molar-refractivity contribution is -0.110. The highest BCUT2D eigenvalue weighted by Crippen LogP contribution is 2.36. The Morgan fingerprint density at radius 2 is 1.81 bits per heavy atom. The van der Waals surface area contributed by atoms with Gasteiger partial charge in [0.1, 0.15) is 5.75 Å². The number of benzene rings is 2. The number of hydrogen-bond donors (Lipinski definition) is 1. The average molecular weight is 301 g/mol. The topological polar surface area (TPSA) is 38.3 Å². The van der Waals surface area contributed by atoms with E-state index in [1.54, 1.807) is 18.9 Å². The Labute approximate surface area is 129 Å². The molecule has 2 rings (SSSR count). The number of ether oxygens (including phenoxy) is 1. The van der Waals surface area contributed by atoms with Gasteiger partial charge < -0.3 is 10.1 Å². The Hall–Kier alpha value is -1.94. The van der Waals surface area contributed by atoms with Crippen LogP contribution in [0.1, 0.15) is 12.5 Å². The first-order valence-electron chi connectivity index (χ1n) is 6.83. The molecule has 0 fully saturated rings. The van der Waals surface area contributed by atoms with Crippen molar-refractivity contribution in [3.8, 4) is 5.75 Å². The fourth-order valence-electron chi connectivity index (χ4n) is 2.10. The number of carbonyl (C=O) groups is 1. The molecule has 3 nitrogen and oxygen atoms in total. The maximum atomic E-state index is 10.5. The van der Waals surface area contributed by atoms with E-state index in [2.05, 4.69) is 17.4 Å². The monoisotopic (exact) mass is 301 g/mol. The normalized spacial score (nSPS) is 11.7. The summed E-state index contributed by atoms with van der Waals surface area (Å²) in [5.74, 6) is 0.872. The molecule has 1 amide bonds. The zero-order valence-electron chi connectivity index (χ0n) is 12.2. The number of amides is 1. The summed E-state index contributed by atoms with van der Waals surface area (Å²) in [5, 5.41) is 2.79. The minimum absolute atomic E-state index is 0.113. The number of hydrogen-bond acceptors (Lipinski definition) is 3. The van der Waals surface area contributed by atoms with Crippen molar-refractivity contribution < 1.29 is 9.53 Å². The Morgan fingerprint density at radius 3 is 2.52 bits per heavy atom. The molecule has 1 atom stereocenters. The second kappa shape index (κ2) is 7.74. The highest BCUT2D eigenvalue weighted by molar-refractivity contribution is 7.99. The van der Waals surface area contributed by atoms with Crippen LogP contribution in [0.25, 0.3) is 0 Å². The van der Waals surface area contributed by atoms with Gasteiger partial charge in [0.15, 0.2) is 0 Å². The first-order valence-corrected chi connectivity index (χ1v) is 7.64. The molecule has 0 aromatic heterocycles. The maximum Gasteiger partial charge on any atom is 0.207 e. The van der Waals surface area contributed by atoms with Gasteiger partial charge in [0.2, 0.25) is 6.41 Å². The molecule has 0 spiro atoms. The molecule has 2 aromatic carbocycles. The smallest absolute Gasteiger partial charge is 0.207 e. The summed E-state index contributed by atoms with van der Waals surface area (Å²) >= 11 is 1.68. The van der Waals surface area contributed by atoms with E-state index in [4.69, 9.17) is 4.74 Å². The molecule has 0 aliphatic rings. The van der Waals surface area contributed by atoms with Crippen molar-refractivity contribution in [1.82, 2.24) is 5.32 Å². The van der Waals surface area contributed by atoms with Crippen LogP contribution in [0.3, 0.4) is 0 Å². The average Bonchev–Trinajstić information content (AvgIpc) is 2.50. The molecule has 110 valence electrons. The molecular formula is C17H19NO2S. The second-order valence-electron chi connectivity index (χ2n) is 4.75. The highest BCUT2D eigenvalue weighted by Gasteiger charge is 2.10. The van der Waals surface area contributed by atoms with Crippen molar-refractivity contribution in [3.05, 3.63) is 54.1 Å². The molecule has 0 aliphatic carbocycles. The lowest BCUT2D eigenvalue weighted by Crippen LogP contribution is -2.26. The first kappa shape index (κ1) is 15.4. The van der Waals surface area contributed by atoms with Gasteiger partial charge in [-0.2, -0.15) is 0 Å². The van der Waals surface area contributed by atoms with Crippen molar-refractivity contribution in [2.24, 2.45) is 0 Å². The molecule has 0 radical (unpaired) electrons. The molecule has 4 heteroatoms. The standard InChI is InChI=1S/C17H19NO2S/c1-13(18-12-19)11-14-7-3-5-9-16(14)21-17-10-6-4-8-15(17)20-2/h3-10,12-13H,11H2,1-2H3,(H,18,19)/t13-/m1/s1. The Kier molecular flexibility index (Phi) is 5.69. The molecule has 0 saturated heterocycles. The van der Waals surface area contributed by atoms with Gasteiger partial charge in [-0.1, -0.05) is 42.1 Å². The van der Waals surface area contributed by atoms with Gasteiger partial charge in [-0.3, -0.25) is 4.79 Å². The summed E-state index contributed by atoms with van der Waals surface area (Å²) in [7, 11) is 1.68. The summed E-state index contributed by atoms with van der Waals surface area (Å²) in [5.41, 5.74) is 1.22. The van der Waals surface area contributed by atoms with Crippen molar-refractivity contribution in [2.75, 3.05) is 7.11 Å². The van der Waals surface area contributed by atoms with Gasteiger partial charge in [0.05, 0.1) is 12.0 Å². The fourth-order valence-corrected chi connectivity index (χ4v) is 3.16. The molecule has 0 heterocycles. The Morgan fingerprint density at radius 1 is 1.14 bits per heavy atom. The SMILES string of the molecule is COc1ccccc1Sc1ccccc1C[C@@H](C)NC=O. The summed E-state index contributed by atoms with van der Waals surface area (Å²) in [6.45, 7) is 2.00. The van der Waals surface area contributed by atoms with Crippen molar-refractivity contribution in [2.45, 2.75) is 29.2 Å². The van der Waals surface area contributed by atoms with Crippen molar-refractivity contribution >= 4 is 18.2 Å². The zero-order chi connectivity index (χ0) is 15.1. The van der Waals surface area contributed by atoms with Crippen LogP contribution in [0.2, 0.25) is 0 Å². The second-order valence-corrected chi connectivity index (χ2v) is 5.83. The van der Waals surface area contributed by atoms with E-state index in [1.807, 2.05) is 43.3 Å². The van der Waals surface area contributed by atoms with Crippen LogP contribution in [0.15, 0.2) is 58.3 Å². The zero-order valence-corrected chi connectivity index (χ0v) is 13.0. The highest BCUT2D eigenvalue weighted by atomic mass is 32.2. The van der Waals surface area contributed by atoms with Gasteiger partial charge >= 0.3 is 0 Å². The van der Waals surface area contributed by atoms with E-state index in [-0.39, 0.29) is 6.04 Å². The predicted molar refractivity (Wildman–Crippen MR) is 85.9 cm³/mol. The number of para-hydroxylation sites is 1. The number of rotatable bonds is 7. The first-order chi connectivity index (χ1) is 10.2. The molecule has 0 aliphatic heterocycles. The van der Waals surface area contributed by atoms with Gasteiger partial charge in [0.25, 0.3) is 0 Å². The van der Waals surface area contributed by atoms with Crippen molar-refractivity contribution in [3.63, 3.8) is 0 Å². The Balaban J connectivity index is 2.22. The van der Waals surface area contributed by atoms with Crippen LogP contribution in [0, 0.1) is 0 Å². The number of methoxy groups -OCH3 is 1. The predicted octanol–water partition coefficient (Wildman–Crippen LogP) is 3.52. The van der Waals surface area contributed by atoms with Gasteiger partial charge in [-0.15, -0.1) is 0 Å². The number of carbonyl (C=O) groups excluding carboxylic acids is 1. The Bertz CT molecular complexity index is 601. The van der Waals surface area contributed by atoms with E-state index in [0.29, 0.717) is 0 Å². The van der Waals surface area contributed by atoms with E-state index in [1.165, 1.54) is 10.5 Å². The third-order valence-electron chi connectivity index (χ3n) is 3.14. The maximum absolute atomic E-state index is 10.5. The number of nitrogens with one attached hydrogen (secondary N) is 1. The van der Waals surface area contributed by atoms with Crippen LogP contribution in [-0.2, 0) is 11.2 Å². The minimum atomic E-state index is 0.113. The molecule has 2 aromatic rings.